The highest BCUT2D eigenvalue weighted by atomic mass is 15.1. The molecule has 1 aromatic rings. The molecule has 0 fully saturated rings. The van der Waals surface area contributed by atoms with Gasteiger partial charge in [0.05, 0.1) is 11.4 Å². The topological polar surface area (TPSA) is 53.6 Å². The van der Waals surface area contributed by atoms with Gasteiger partial charge in [-0.1, -0.05) is 0 Å². The van der Waals surface area contributed by atoms with E-state index in [1.54, 1.807) is 0 Å². The summed E-state index contributed by atoms with van der Waals surface area (Å²) in [4.78, 5) is 4.22. The molecular weight excluding hydrogens is 152 g/mol. The van der Waals surface area contributed by atoms with Crippen LogP contribution in [0.15, 0.2) is 0 Å². The molecule has 0 unspecified atom stereocenters. The first kappa shape index (κ1) is 7.32. The summed E-state index contributed by atoms with van der Waals surface area (Å²) in [5.74, 6) is 0.545. The van der Waals surface area contributed by atoms with Gasteiger partial charge in [-0.15, -0.1) is 0 Å². The zero-order valence-corrected chi connectivity index (χ0v) is 6.96. The molecule has 0 bridgehead atoms. The predicted octanol–water partition coefficient (Wildman–Crippen LogP) is 0.378. The van der Waals surface area contributed by atoms with Crippen LogP contribution in [0, 0.1) is 11.3 Å². The van der Waals surface area contributed by atoms with Crippen LogP contribution in [0.25, 0.3) is 0 Å². The quantitative estimate of drug-likeness (QED) is 0.649. The van der Waals surface area contributed by atoms with Gasteiger partial charge in [0.25, 0.3) is 0 Å². The minimum atomic E-state index is 0.545. The van der Waals surface area contributed by atoms with E-state index in [1.807, 2.05) is 11.5 Å². The average molecular weight is 162 g/mol. The van der Waals surface area contributed by atoms with Gasteiger partial charge >= 0.3 is 0 Å². The third kappa shape index (κ3) is 0.836. The van der Waals surface area contributed by atoms with Crippen molar-refractivity contribution < 1.29 is 0 Å². The molecule has 1 N–H and O–H groups in total. The first-order valence-corrected chi connectivity index (χ1v) is 4.06. The fourth-order valence-corrected chi connectivity index (χ4v) is 1.60. The first-order valence-electron chi connectivity index (χ1n) is 4.06. The van der Waals surface area contributed by atoms with E-state index in [-0.39, 0.29) is 0 Å². The number of hydrogen-bond donors (Lipinski definition) is 1. The molecule has 1 aliphatic rings. The van der Waals surface area contributed by atoms with Gasteiger partial charge in [-0.3, -0.25) is 0 Å². The Morgan fingerprint density at radius 2 is 2.50 bits per heavy atom. The lowest BCUT2D eigenvalue weighted by molar-refractivity contribution is 0.663. The Hall–Kier alpha value is -1.34. The van der Waals surface area contributed by atoms with Gasteiger partial charge in [-0.05, 0) is 6.92 Å². The van der Waals surface area contributed by atoms with E-state index in [0.717, 1.165) is 25.3 Å². The molecule has 0 aromatic carbocycles. The molecule has 1 aliphatic heterocycles. The standard InChI is InChI=1S/C8H10N4/c1-2-12-7-5-10-4-6(7)11-8(12)3-9/h10H,2,4-5H2,1H3. The zero-order chi connectivity index (χ0) is 8.55. The largest absolute Gasteiger partial charge is 0.318 e. The highest BCUT2D eigenvalue weighted by molar-refractivity contribution is 5.26. The summed E-state index contributed by atoms with van der Waals surface area (Å²) in [6, 6.07) is 2.10. The summed E-state index contributed by atoms with van der Waals surface area (Å²) in [7, 11) is 0. The van der Waals surface area contributed by atoms with Gasteiger partial charge in [0.1, 0.15) is 6.07 Å². The van der Waals surface area contributed by atoms with Crippen LogP contribution < -0.4 is 5.32 Å². The molecule has 1 aromatic heterocycles. The number of hydrogen-bond acceptors (Lipinski definition) is 3. The Morgan fingerprint density at radius 3 is 3.17 bits per heavy atom. The highest BCUT2D eigenvalue weighted by Crippen LogP contribution is 2.16. The van der Waals surface area contributed by atoms with Crippen LogP contribution in [0.3, 0.4) is 0 Å². The van der Waals surface area contributed by atoms with Crippen molar-refractivity contribution in [3.63, 3.8) is 0 Å². The molecule has 4 nitrogen and oxygen atoms in total. The van der Waals surface area contributed by atoms with Crippen LogP contribution in [-0.4, -0.2) is 9.55 Å². The number of nitrogens with one attached hydrogen (secondary N) is 1. The summed E-state index contributed by atoms with van der Waals surface area (Å²) in [6.07, 6.45) is 0. The average Bonchev–Trinajstić information content (AvgIpc) is 2.61. The molecule has 0 radical (unpaired) electrons. The third-order valence-electron chi connectivity index (χ3n) is 2.16. The Balaban J connectivity index is 2.56. The zero-order valence-electron chi connectivity index (χ0n) is 6.96. The van der Waals surface area contributed by atoms with Crippen molar-refractivity contribution in [1.82, 2.24) is 14.9 Å². The van der Waals surface area contributed by atoms with Gasteiger partial charge in [-0.2, -0.15) is 5.26 Å². The maximum Gasteiger partial charge on any atom is 0.213 e. The number of imidazole rings is 1. The van der Waals surface area contributed by atoms with Gasteiger partial charge in [0.15, 0.2) is 0 Å². The smallest absolute Gasteiger partial charge is 0.213 e. The van der Waals surface area contributed by atoms with E-state index in [9.17, 15) is 0 Å². The number of rotatable bonds is 1. The van der Waals surface area contributed by atoms with Crippen molar-refractivity contribution >= 4 is 0 Å². The van der Waals surface area contributed by atoms with Crippen molar-refractivity contribution in [3.8, 4) is 6.07 Å². The molecule has 4 heteroatoms. The highest BCUT2D eigenvalue weighted by Gasteiger charge is 2.19. The van der Waals surface area contributed by atoms with Crippen LogP contribution in [0.2, 0.25) is 0 Å². The molecule has 0 spiro atoms. The van der Waals surface area contributed by atoms with Crippen LogP contribution >= 0.6 is 0 Å². The molecule has 62 valence electrons. The second-order valence-corrected chi connectivity index (χ2v) is 2.79. The number of nitriles is 1. The molecule has 2 heterocycles. The second kappa shape index (κ2) is 2.61. The van der Waals surface area contributed by atoms with Crippen molar-refractivity contribution in [2.45, 2.75) is 26.6 Å². The van der Waals surface area contributed by atoms with E-state index in [2.05, 4.69) is 16.4 Å². The Kier molecular flexibility index (Phi) is 1.59. The van der Waals surface area contributed by atoms with E-state index in [4.69, 9.17) is 5.26 Å². The van der Waals surface area contributed by atoms with E-state index in [1.165, 1.54) is 5.69 Å². The minimum absolute atomic E-state index is 0.545. The van der Waals surface area contributed by atoms with E-state index in [0.29, 0.717) is 5.82 Å². The summed E-state index contributed by atoms with van der Waals surface area (Å²) >= 11 is 0. The van der Waals surface area contributed by atoms with Crippen molar-refractivity contribution in [2.24, 2.45) is 0 Å². The van der Waals surface area contributed by atoms with Gasteiger partial charge < -0.3 is 9.88 Å². The normalized spacial score (nSPS) is 14.3. The molecule has 12 heavy (non-hydrogen) atoms. The maximum absolute atomic E-state index is 8.75. The van der Waals surface area contributed by atoms with Crippen LogP contribution in [-0.2, 0) is 19.6 Å². The summed E-state index contributed by atoms with van der Waals surface area (Å²) in [5, 5.41) is 12.0. The third-order valence-corrected chi connectivity index (χ3v) is 2.16. The molecule has 0 saturated heterocycles. The first-order chi connectivity index (χ1) is 5.86. The van der Waals surface area contributed by atoms with Crippen LogP contribution in [0.5, 0.6) is 0 Å². The number of fused-ring (bicyclic) bond motifs is 1. The lowest BCUT2D eigenvalue weighted by atomic mass is 10.4. The molecule has 2 rings (SSSR count). The Morgan fingerprint density at radius 1 is 1.67 bits per heavy atom. The fraction of sp³-hybridized carbons (Fsp3) is 0.500. The Bertz CT molecular complexity index is 345. The molecular formula is C8H10N4. The van der Waals surface area contributed by atoms with Crippen molar-refractivity contribution in [1.29, 1.82) is 5.26 Å². The minimum Gasteiger partial charge on any atom is -0.318 e. The Labute approximate surface area is 70.8 Å². The molecule has 0 aliphatic carbocycles. The van der Waals surface area contributed by atoms with Gasteiger partial charge in [0, 0.05) is 19.6 Å². The van der Waals surface area contributed by atoms with Crippen LogP contribution in [0.1, 0.15) is 24.1 Å². The summed E-state index contributed by atoms with van der Waals surface area (Å²) in [6.45, 7) is 4.50. The monoisotopic (exact) mass is 162 g/mol. The van der Waals surface area contributed by atoms with E-state index >= 15 is 0 Å². The SMILES string of the molecule is CCn1c(C#N)nc2c1CNC2. The number of nitrogens with zero attached hydrogens (tertiary/aromatic N) is 3. The van der Waals surface area contributed by atoms with E-state index < -0.39 is 0 Å². The summed E-state index contributed by atoms with van der Waals surface area (Å²) in [5.41, 5.74) is 2.21. The van der Waals surface area contributed by atoms with Gasteiger partial charge in [-0.25, -0.2) is 4.98 Å². The van der Waals surface area contributed by atoms with Gasteiger partial charge in [0.2, 0.25) is 5.82 Å². The maximum atomic E-state index is 8.75. The summed E-state index contributed by atoms with van der Waals surface area (Å²) < 4.78 is 1.97. The fourth-order valence-electron chi connectivity index (χ4n) is 1.60. The molecule has 0 atom stereocenters. The molecule has 0 saturated carbocycles. The second-order valence-electron chi connectivity index (χ2n) is 2.79. The van der Waals surface area contributed by atoms with Crippen LogP contribution in [0.4, 0.5) is 0 Å². The lowest BCUT2D eigenvalue weighted by Crippen LogP contribution is -2.08. The molecule has 0 amide bonds. The number of aromatic nitrogens is 2. The lowest BCUT2D eigenvalue weighted by Gasteiger charge is -2.01. The van der Waals surface area contributed by atoms with Crippen molar-refractivity contribution in [3.05, 3.63) is 17.2 Å². The predicted molar refractivity (Wildman–Crippen MR) is 43.2 cm³/mol. The van der Waals surface area contributed by atoms with Crippen molar-refractivity contribution in [2.75, 3.05) is 0 Å².